The molecule has 0 amide bonds. The molecule has 0 unspecified atom stereocenters. The first kappa shape index (κ1) is 11.8. The molecule has 0 bridgehead atoms. The van der Waals surface area contributed by atoms with Crippen molar-refractivity contribution in [3.05, 3.63) is 26.7 Å². The first-order chi connectivity index (χ1) is 6.65. The van der Waals surface area contributed by atoms with Gasteiger partial charge in [-0.15, -0.1) is 0 Å². The average molecular weight is 298 g/mol. The summed E-state index contributed by atoms with van der Waals surface area (Å²) in [6.45, 7) is 0.309. The van der Waals surface area contributed by atoms with E-state index in [2.05, 4.69) is 15.9 Å². The van der Waals surface area contributed by atoms with Crippen molar-refractivity contribution in [2.75, 3.05) is 6.61 Å². The topological polar surface area (TPSA) is 26.3 Å². The molecule has 0 fully saturated rings. The zero-order valence-corrected chi connectivity index (χ0v) is 10.2. The van der Waals surface area contributed by atoms with Crippen LogP contribution in [-0.4, -0.2) is 12.9 Å². The molecule has 0 radical (unpaired) electrons. The third-order valence-corrected chi connectivity index (χ3v) is 2.53. The summed E-state index contributed by atoms with van der Waals surface area (Å²) in [7, 11) is 0. The molecule has 0 aliphatic rings. The minimum absolute atomic E-state index is 0.309. The maximum absolute atomic E-state index is 10.1. The smallest absolute Gasteiger partial charge is 0.152 e. The Balaban J connectivity index is 2.80. The second-order valence-electron chi connectivity index (χ2n) is 2.50. The van der Waals surface area contributed by atoms with Gasteiger partial charge in [-0.25, -0.2) is 0 Å². The van der Waals surface area contributed by atoms with Crippen LogP contribution in [0.4, 0.5) is 0 Å². The van der Waals surface area contributed by atoms with Crippen LogP contribution in [0, 0.1) is 0 Å². The molecule has 0 atom stereocenters. The lowest BCUT2D eigenvalue weighted by Crippen LogP contribution is -1.98. The molecular weight excluding hydrogens is 291 g/mol. The van der Waals surface area contributed by atoms with E-state index in [0.29, 0.717) is 33.3 Å². The molecule has 0 saturated heterocycles. The number of hydrogen-bond donors (Lipinski definition) is 0. The van der Waals surface area contributed by atoms with Gasteiger partial charge in [0, 0.05) is 11.4 Å². The van der Waals surface area contributed by atoms with E-state index < -0.39 is 0 Å². The summed E-state index contributed by atoms with van der Waals surface area (Å²) in [5, 5.41) is 0.958. The number of halogens is 3. The van der Waals surface area contributed by atoms with E-state index in [9.17, 15) is 4.79 Å². The number of hydrogen-bond acceptors (Lipinski definition) is 2. The van der Waals surface area contributed by atoms with Crippen LogP contribution in [0.25, 0.3) is 0 Å². The van der Waals surface area contributed by atoms with Crippen LogP contribution in [-0.2, 0) is 4.79 Å². The van der Waals surface area contributed by atoms with E-state index in [1.807, 2.05) is 0 Å². The van der Waals surface area contributed by atoms with Gasteiger partial charge in [-0.05, 0) is 28.1 Å². The van der Waals surface area contributed by atoms with E-state index in [1.54, 1.807) is 12.1 Å². The molecule has 14 heavy (non-hydrogen) atoms. The van der Waals surface area contributed by atoms with E-state index in [-0.39, 0.29) is 0 Å². The first-order valence-corrected chi connectivity index (χ1v) is 5.41. The molecule has 5 heteroatoms. The van der Waals surface area contributed by atoms with Crippen molar-refractivity contribution >= 4 is 45.4 Å². The van der Waals surface area contributed by atoms with Crippen molar-refractivity contribution in [3.8, 4) is 5.75 Å². The van der Waals surface area contributed by atoms with Crippen LogP contribution in [0.15, 0.2) is 16.6 Å². The van der Waals surface area contributed by atoms with Crippen LogP contribution in [0.3, 0.4) is 0 Å². The highest BCUT2D eigenvalue weighted by molar-refractivity contribution is 9.10. The predicted octanol–water partition coefficient (Wildman–Crippen LogP) is 3.72. The van der Waals surface area contributed by atoms with Crippen molar-refractivity contribution in [3.63, 3.8) is 0 Å². The van der Waals surface area contributed by atoms with Gasteiger partial charge in [0.25, 0.3) is 0 Å². The molecule has 2 nitrogen and oxygen atoms in total. The standard InChI is InChI=1S/C9H7BrCl2O2/c10-7-4-6(11)5-8(12)9(7)14-3-1-2-13/h2,4-5H,1,3H2. The Kier molecular flexibility index (Phi) is 4.72. The Bertz CT molecular complexity index is 319. The molecule has 1 aromatic carbocycles. The molecular formula is C9H7BrCl2O2. The van der Waals surface area contributed by atoms with Crippen LogP contribution >= 0.6 is 39.1 Å². The summed E-state index contributed by atoms with van der Waals surface area (Å²) in [4.78, 5) is 10.1. The Labute approximate surface area is 100 Å². The van der Waals surface area contributed by atoms with Gasteiger partial charge in [-0.3, -0.25) is 0 Å². The number of carbonyl (C=O) groups excluding carboxylic acids is 1. The van der Waals surface area contributed by atoms with Crippen LogP contribution in [0.2, 0.25) is 10.0 Å². The van der Waals surface area contributed by atoms with Gasteiger partial charge >= 0.3 is 0 Å². The highest BCUT2D eigenvalue weighted by atomic mass is 79.9. The molecule has 0 aliphatic heterocycles. The summed E-state index contributed by atoms with van der Waals surface area (Å²) in [6, 6.07) is 3.27. The van der Waals surface area contributed by atoms with Crippen molar-refractivity contribution in [1.82, 2.24) is 0 Å². The molecule has 0 heterocycles. The number of rotatable bonds is 4. The third kappa shape index (κ3) is 3.15. The fourth-order valence-electron chi connectivity index (χ4n) is 0.876. The molecule has 76 valence electrons. The monoisotopic (exact) mass is 296 g/mol. The van der Waals surface area contributed by atoms with Crippen molar-refractivity contribution in [1.29, 1.82) is 0 Å². The Morgan fingerprint density at radius 1 is 1.43 bits per heavy atom. The Morgan fingerprint density at radius 3 is 2.71 bits per heavy atom. The van der Waals surface area contributed by atoms with Crippen molar-refractivity contribution in [2.45, 2.75) is 6.42 Å². The normalized spacial score (nSPS) is 9.93. The third-order valence-electron chi connectivity index (χ3n) is 1.45. The minimum Gasteiger partial charge on any atom is -0.490 e. The van der Waals surface area contributed by atoms with Crippen LogP contribution < -0.4 is 4.74 Å². The lowest BCUT2D eigenvalue weighted by atomic mass is 10.3. The number of carbonyl (C=O) groups is 1. The minimum atomic E-state index is 0.309. The highest BCUT2D eigenvalue weighted by Gasteiger charge is 2.08. The summed E-state index contributed by atoms with van der Waals surface area (Å²) < 4.78 is 5.98. The molecule has 0 spiro atoms. The molecule has 0 aromatic heterocycles. The largest absolute Gasteiger partial charge is 0.490 e. The summed E-state index contributed by atoms with van der Waals surface area (Å²) in [5.41, 5.74) is 0. The first-order valence-electron chi connectivity index (χ1n) is 3.86. The predicted molar refractivity (Wildman–Crippen MR) is 60.3 cm³/mol. The summed E-state index contributed by atoms with van der Waals surface area (Å²) in [5.74, 6) is 0.512. The van der Waals surface area contributed by atoms with Gasteiger partial charge in [0.1, 0.15) is 6.29 Å². The summed E-state index contributed by atoms with van der Waals surface area (Å²) in [6.07, 6.45) is 1.13. The zero-order chi connectivity index (χ0) is 10.6. The molecule has 1 aromatic rings. The quantitative estimate of drug-likeness (QED) is 0.625. The van der Waals surface area contributed by atoms with Crippen molar-refractivity contribution < 1.29 is 9.53 Å². The number of aldehydes is 1. The Hall–Kier alpha value is -0.250. The highest BCUT2D eigenvalue weighted by Crippen LogP contribution is 2.35. The average Bonchev–Trinajstić information content (AvgIpc) is 2.09. The lowest BCUT2D eigenvalue weighted by molar-refractivity contribution is -0.108. The second-order valence-corrected chi connectivity index (χ2v) is 4.20. The summed E-state index contributed by atoms with van der Waals surface area (Å²) >= 11 is 14.9. The van der Waals surface area contributed by atoms with E-state index in [1.165, 1.54) is 0 Å². The van der Waals surface area contributed by atoms with Crippen LogP contribution in [0.5, 0.6) is 5.75 Å². The van der Waals surface area contributed by atoms with E-state index in [4.69, 9.17) is 27.9 Å². The van der Waals surface area contributed by atoms with Gasteiger partial charge in [0.05, 0.1) is 16.1 Å². The Morgan fingerprint density at radius 2 is 2.14 bits per heavy atom. The fourth-order valence-corrected chi connectivity index (χ4v) is 2.24. The SMILES string of the molecule is O=CCCOc1c(Cl)cc(Cl)cc1Br. The fraction of sp³-hybridized carbons (Fsp3) is 0.222. The molecule has 0 N–H and O–H groups in total. The number of benzene rings is 1. The van der Waals surface area contributed by atoms with Gasteiger partial charge in [-0.1, -0.05) is 23.2 Å². The van der Waals surface area contributed by atoms with Gasteiger partial charge in [0.15, 0.2) is 5.75 Å². The lowest BCUT2D eigenvalue weighted by Gasteiger charge is -2.08. The molecule has 1 rings (SSSR count). The van der Waals surface area contributed by atoms with Crippen molar-refractivity contribution in [2.24, 2.45) is 0 Å². The number of ether oxygens (including phenoxy) is 1. The molecule has 0 aliphatic carbocycles. The van der Waals surface area contributed by atoms with Gasteiger partial charge in [0.2, 0.25) is 0 Å². The zero-order valence-electron chi connectivity index (χ0n) is 7.10. The maximum Gasteiger partial charge on any atom is 0.152 e. The van der Waals surface area contributed by atoms with E-state index in [0.717, 1.165) is 6.29 Å². The van der Waals surface area contributed by atoms with Gasteiger partial charge in [-0.2, -0.15) is 0 Å². The molecule has 0 saturated carbocycles. The maximum atomic E-state index is 10.1. The van der Waals surface area contributed by atoms with Crippen LogP contribution in [0.1, 0.15) is 6.42 Å². The second kappa shape index (κ2) is 5.59. The van der Waals surface area contributed by atoms with Gasteiger partial charge < -0.3 is 9.53 Å². The van der Waals surface area contributed by atoms with E-state index >= 15 is 0 Å².